The van der Waals surface area contributed by atoms with E-state index in [2.05, 4.69) is 125 Å². The van der Waals surface area contributed by atoms with E-state index < -0.39 is 97.5 Å². The maximum atomic E-state index is 13.1. The van der Waals surface area contributed by atoms with Crippen molar-refractivity contribution in [3.63, 3.8) is 0 Å². The van der Waals surface area contributed by atoms with Crippen molar-refractivity contribution in [3.8, 4) is 0 Å². The van der Waals surface area contributed by atoms with Gasteiger partial charge in [-0.3, -0.25) is 37.3 Å². The van der Waals surface area contributed by atoms with Gasteiger partial charge >= 0.3 is 39.5 Å². The number of allylic oxidation sites excluding steroid dienone is 22. The predicted octanol–water partition coefficient (Wildman–Crippen LogP) is 25.2. The molecule has 0 aliphatic carbocycles. The Morgan fingerprint density at radius 1 is 0.259 bits per heavy atom. The van der Waals surface area contributed by atoms with Crippen molar-refractivity contribution in [2.45, 2.75) is 367 Å². The van der Waals surface area contributed by atoms with Crippen LogP contribution in [0.15, 0.2) is 134 Å². The van der Waals surface area contributed by atoms with Gasteiger partial charge in [-0.2, -0.15) is 0 Å². The molecule has 17 nitrogen and oxygen atoms in total. The van der Waals surface area contributed by atoms with Crippen molar-refractivity contribution in [1.82, 2.24) is 0 Å². The molecule has 19 heteroatoms. The SMILES string of the molecule is CCCCC/C=C\C/C=C\C/C=C\C/C=C\C/C=C\CCC(=O)OC[C@H](COP(=O)(O)OC[C@@H](O)COP(=O)(O)OC[C@@H](COC(=O)CCCCCCCCC/C=C\CCCCCC)OC(=O)CCCCCCCCCCCCCCCCC)OC(=O)CC/C=C\C/C=C\C/C=C\C/C=C\C/C=C\CCCCC. The third-order valence-electron chi connectivity index (χ3n) is 17.6. The van der Waals surface area contributed by atoms with Gasteiger partial charge in [0.1, 0.15) is 19.3 Å². The zero-order valence-electron chi connectivity index (χ0n) is 68.0. The molecule has 0 bridgehead atoms. The van der Waals surface area contributed by atoms with Crippen molar-refractivity contribution < 1.29 is 80.2 Å². The molecule has 0 spiro atoms. The van der Waals surface area contributed by atoms with Crippen LogP contribution in [0, 0.1) is 0 Å². The highest BCUT2D eigenvalue weighted by Gasteiger charge is 2.30. The molecule has 0 saturated carbocycles. The number of phosphoric ester groups is 2. The quantitative estimate of drug-likeness (QED) is 0.0169. The van der Waals surface area contributed by atoms with Crippen LogP contribution >= 0.6 is 15.6 Å². The molecular weight excluding hydrogens is 1400 g/mol. The molecule has 3 N–H and O–H groups in total. The molecule has 620 valence electrons. The molecule has 2 unspecified atom stereocenters. The molecule has 0 aromatic rings. The summed E-state index contributed by atoms with van der Waals surface area (Å²) >= 11 is 0. The van der Waals surface area contributed by atoms with E-state index in [1.807, 2.05) is 36.5 Å². The Labute approximate surface area is 656 Å². The van der Waals surface area contributed by atoms with Gasteiger partial charge in [0, 0.05) is 25.7 Å². The third-order valence-corrected chi connectivity index (χ3v) is 19.5. The number of aliphatic hydroxyl groups is 1. The van der Waals surface area contributed by atoms with E-state index in [1.165, 1.54) is 141 Å². The zero-order valence-corrected chi connectivity index (χ0v) is 69.8. The van der Waals surface area contributed by atoms with Gasteiger partial charge in [-0.1, -0.05) is 328 Å². The van der Waals surface area contributed by atoms with E-state index in [4.69, 9.17) is 37.0 Å². The lowest BCUT2D eigenvalue weighted by molar-refractivity contribution is -0.161. The van der Waals surface area contributed by atoms with Gasteiger partial charge in [0.15, 0.2) is 12.2 Å². The van der Waals surface area contributed by atoms with Gasteiger partial charge in [0.05, 0.1) is 26.4 Å². The van der Waals surface area contributed by atoms with Crippen LogP contribution in [0.5, 0.6) is 0 Å². The number of hydrogen-bond acceptors (Lipinski definition) is 15. The molecule has 0 aromatic heterocycles. The van der Waals surface area contributed by atoms with E-state index in [9.17, 15) is 43.2 Å². The molecular formula is C89H152O17P2. The summed E-state index contributed by atoms with van der Waals surface area (Å²) in [4.78, 5) is 73.1. The van der Waals surface area contributed by atoms with Gasteiger partial charge in [-0.25, -0.2) is 9.13 Å². The summed E-state index contributed by atoms with van der Waals surface area (Å²) in [6, 6.07) is 0. The summed E-state index contributed by atoms with van der Waals surface area (Å²) in [6.45, 7) is 4.68. The second-order valence-electron chi connectivity index (χ2n) is 28.1. The first-order valence-corrected chi connectivity index (χ1v) is 45.4. The lowest BCUT2D eigenvalue weighted by Crippen LogP contribution is -2.30. The fourth-order valence-corrected chi connectivity index (χ4v) is 12.7. The molecule has 5 atom stereocenters. The second kappa shape index (κ2) is 80.3. The first-order valence-electron chi connectivity index (χ1n) is 42.4. The number of phosphoric acid groups is 2. The topological polar surface area (TPSA) is 237 Å². The molecule has 0 radical (unpaired) electrons. The molecule has 0 heterocycles. The number of carbonyl (C=O) groups excluding carboxylic acids is 4. The first kappa shape index (κ1) is 103. The first-order chi connectivity index (χ1) is 52.7. The summed E-state index contributed by atoms with van der Waals surface area (Å²) in [6.07, 6.45) is 91.6. The van der Waals surface area contributed by atoms with Crippen LogP contribution in [-0.2, 0) is 65.4 Å². The maximum absolute atomic E-state index is 13.1. The average Bonchev–Trinajstić information content (AvgIpc) is 0.896. The highest BCUT2D eigenvalue weighted by Crippen LogP contribution is 2.45. The van der Waals surface area contributed by atoms with Crippen molar-refractivity contribution >= 4 is 39.5 Å². The lowest BCUT2D eigenvalue weighted by Gasteiger charge is -2.21. The minimum atomic E-state index is -5.02. The van der Waals surface area contributed by atoms with Crippen LogP contribution in [-0.4, -0.2) is 96.7 Å². The molecule has 0 aromatic carbocycles. The van der Waals surface area contributed by atoms with E-state index in [1.54, 1.807) is 0 Å². The number of hydrogen-bond donors (Lipinski definition) is 3. The molecule has 0 aliphatic heterocycles. The summed E-state index contributed by atoms with van der Waals surface area (Å²) < 4.78 is 68.6. The number of unbranched alkanes of at least 4 members (excludes halogenated alkanes) is 31. The third kappa shape index (κ3) is 79.3. The monoisotopic (exact) mass is 1560 g/mol. The van der Waals surface area contributed by atoms with Crippen molar-refractivity contribution in [3.05, 3.63) is 134 Å². The second-order valence-corrected chi connectivity index (χ2v) is 31.0. The Bertz CT molecular complexity index is 2560. The minimum Gasteiger partial charge on any atom is -0.462 e. The molecule has 0 fully saturated rings. The van der Waals surface area contributed by atoms with Crippen LogP contribution in [0.2, 0.25) is 0 Å². The van der Waals surface area contributed by atoms with Crippen molar-refractivity contribution in [1.29, 1.82) is 0 Å². The van der Waals surface area contributed by atoms with Crippen LogP contribution < -0.4 is 0 Å². The van der Waals surface area contributed by atoms with E-state index in [-0.39, 0.29) is 25.7 Å². The Morgan fingerprint density at radius 3 is 0.806 bits per heavy atom. The highest BCUT2D eigenvalue weighted by atomic mass is 31.2. The maximum Gasteiger partial charge on any atom is 0.472 e. The summed E-state index contributed by atoms with van der Waals surface area (Å²) in [5.74, 6) is -2.36. The lowest BCUT2D eigenvalue weighted by atomic mass is 10.0. The van der Waals surface area contributed by atoms with Gasteiger partial charge in [-0.15, -0.1) is 0 Å². The number of ether oxygens (including phenoxy) is 4. The van der Waals surface area contributed by atoms with E-state index >= 15 is 0 Å². The summed E-state index contributed by atoms with van der Waals surface area (Å²) in [5, 5.41) is 10.7. The van der Waals surface area contributed by atoms with Gasteiger partial charge in [0.25, 0.3) is 0 Å². The molecule has 108 heavy (non-hydrogen) atoms. The standard InChI is InChI=1S/C89H152O17P2/c1-5-9-13-17-21-25-29-33-37-39-41-43-47-50-54-58-62-66-70-74-87(92)100-80-85(106-89(94)76-72-68-64-60-56-52-48-44-42-40-38-34-30-26-22-18-14-10-6-2)82-104-108(97,98)102-78-83(90)77-101-107(95,96)103-81-84(105-88(93)75-71-67-63-59-55-51-46-36-32-28-24-20-16-12-8-4)79-99-86(91)73-69-65-61-57-53-49-45-35-31-27-23-19-15-11-7-3/h21-22,25-27,31,33-34,37-38,41-44,50,52,54,56,62,64,66,68,83-85,90H,5-20,23-24,28-30,32,35-36,39-40,45-49,51,53,55,57-61,63,65,67,69-82H2,1-4H3,(H,95,96)(H,97,98)/b25-21-,26-22-,31-27-,37-33-,38-34-,43-41-,44-42-,54-50-,56-52-,66-62-,68-64-/t83-,84+,85+/m0/s1. The van der Waals surface area contributed by atoms with Gasteiger partial charge in [0.2, 0.25) is 0 Å². The Morgan fingerprint density at radius 2 is 0.472 bits per heavy atom. The zero-order chi connectivity index (χ0) is 78.9. The average molecular weight is 1560 g/mol. The fourth-order valence-electron chi connectivity index (χ4n) is 11.1. The number of esters is 4. The minimum absolute atomic E-state index is 0.0197. The Balaban J connectivity index is 5.50. The Hall–Kier alpha value is -4.80. The molecule has 0 saturated heterocycles. The summed E-state index contributed by atoms with van der Waals surface area (Å²) in [5.41, 5.74) is 0. The molecule has 0 aliphatic rings. The van der Waals surface area contributed by atoms with Crippen LogP contribution in [0.3, 0.4) is 0 Å². The molecule has 0 rings (SSSR count). The van der Waals surface area contributed by atoms with Crippen LogP contribution in [0.25, 0.3) is 0 Å². The van der Waals surface area contributed by atoms with Crippen LogP contribution in [0.4, 0.5) is 0 Å². The van der Waals surface area contributed by atoms with E-state index in [0.717, 1.165) is 116 Å². The van der Waals surface area contributed by atoms with Crippen molar-refractivity contribution in [2.24, 2.45) is 0 Å². The Kier molecular flexibility index (Phi) is 76.7. The normalized spacial score (nSPS) is 14.5. The van der Waals surface area contributed by atoms with E-state index in [0.29, 0.717) is 38.5 Å². The predicted molar refractivity (Wildman–Crippen MR) is 445 cm³/mol. The van der Waals surface area contributed by atoms with Gasteiger partial charge < -0.3 is 33.8 Å². The van der Waals surface area contributed by atoms with Crippen molar-refractivity contribution in [2.75, 3.05) is 39.6 Å². The fraction of sp³-hybridized carbons (Fsp3) is 0.708. The number of aliphatic hydroxyl groups excluding tert-OH is 1. The molecule has 0 amide bonds. The smallest absolute Gasteiger partial charge is 0.462 e. The summed E-state index contributed by atoms with van der Waals surface area (Å²) in [7, 11) is -10.0. The van der Waals surface area contributed by atoms with Crippen LogP contribution in [0.1, 0.15) is 349 Å². The number of rotatable bonds is 79. The largest absolute Gasteiger partial charge is 0.472 e. The number of carbonyl (C=O) groups is 4. The van der Waals surface area contributed by atoms with Gasteiger partial charge in [-0.05, 0) is 128 Å². The highest BCUT2D eigenvalue weighted by molar-refractivity contribution is 7.47.